The van der Waals surface area contributed by atoms with Gasteiger partial charge in [0.05, 0.1) is 10.6 Å². The molecule has 0 aromatic heterocycles. The maximum Gasteiger partial charge on any atom is 0.178 e. The first-order valence-electron chi connectivity index (χ1n) is 8.39. The quantitative estimate of drug-likeness (QED) is 0.752. The van der Waals surface area contributed by atoms with E-state index in [4.69, 9.17) is 0 Å². The Bertz CT molecular complexity index is 669. The van der Waals surface area contributed by atoms with E-state index in [1.165, 1.54) is 31.3 Å². The molecular formula is C19H26O2S. The van der Waals surface area contributed by atoms with Crippen LogP contribution in [0.3, 0.4) is 0 Å². The molecule has 22 heavy (non-hydrogen) atoms. The van der Waals surface area contributed by atoms with Gasteiger partial charge in [-0.1, -0.05) is 43.2 Å². The van der Waals surface area contributed by atoms with Crippen LogP contribution in [0.4, 0.5) is 0 Å². The summed E-state index contributed by atoms with van der Waals surface area (Å²) in [6.07, 6.45) is 7.07. The van der Waals surface area contributed by atoms with Gasteiger partial charge in [0.2, 0.25) is 0 Å². The first-order valence-corrected chi connectivity index (χ1v) is 10.0. The highest BCUT2D eigenvalue weighted by Gasteiger charge is 2.40. The van der Waals surface area contributed by atoms with Gasteiger partial charge < -0.3 is 0 Å². The Labute approximate surface area is 134 Å². The monoisotopic (exact) mass is 318 g/mol. The fourth-order valence-electron chi connectivity index (χ4n) is 4.09. The van der Waals surface area contributed by atoms with Gasteiger partial charge in [-0.2, -0.15) is 0 Å². The fourth-order valence-corrected chi connectivity index (χ4v) is 5.94. The topological polar surface area (TPSA) is 34.1 Å². The summed E-state index contributed by atoms with van der Waals surface area (Å²) in [6, 6.07) is 8.93. The first-order chi connectivity index (χ1) is 10.4. The van der Waals surface area contributed by atoms with Crippen LogP contribution in [0.1, 0.15) is 52.4 Å². The molecule has 0 spiro atoms. The van der Waals surface area contributed by atoms with Crippen molar-refractivity contribution in [3.05, 3.63) is 41.5 Å². The lowest BCUT2D eigenvalue weighted by molar-refractivity contribution is 0.215. The van der Waals surface area contributed by atoms with E-state index in [0.29, 0.717) is 4.90 Å². The van der Waals surface area contributed by atoms with E-state index in [-0.39, 0.29) is 17.1 Å². The Balaban J connectivity index is 1.94. The Morgan fingerprint density at radius 2 is 1.73 bits per heavy atom. The summed E-state index contributed by atoms with van der Waals surface area (Å²) < 4.78 is 25.7. The second-order valence-corrected chi connectivity index (χ2v) is 9.51. The molecule has 0 bridgehead atoms. The SMILES string of the molecule is CC1(C)CCC2=C(CCCC2)[C@H]1CS(=O)(=O)c1ccccc1. The van der Waals surface area contributed by atoms with Crippen LogP contribution in [0.5, 0.6) is 0 Å². The first kappa shape index (κ1) is 15.8. The van der Waals surface area contributed by atoms with Gasteiger partial charge in [0, 0.05) is 0 Å². The lowest BCUT2D eigenvalue weighted by atomic mass is 9.64. The molecule has 0 fully saturated rings. The molecule has 2 aliphatic rings. The minimum atomic E-state index is -3.22. The predicted octanol–water partition coefficient (Wildman–Crippen LogP) is 4.77. The van der Waals surface area contributed by atoms with E-state index < -0.39 is 9.84 Å². The van der Waals surface area contributed by atoms with Gasteiger partial charge in [-0.3, -0.25) is 0 Å². The maximum atomic E-state index is 12.8. The van der Waals surface area contributed by atoms with Crippen molar-refractivity contribution in [1.29, 1.82) is 0 Å². The molecule has 0 N–H and O–H groups in total. The van der Waals surface area contributed by atoms with E-state index in [0.717, 1.165) is 12.8 Å². The van der Waals surface area contributed by atoms with Crippen LogP contribution < -0.4 is 0 Å². The standard InChI is InChI=1S/C19H26O2S/c1-19(2)13-12-15-8-6-7-11-17(15)18(19)14-22(20,21)16-9-4-3-5-10-16/h3-5,9-10,18H,6-8,11-14H2,1-2H3/t18-/m1/s1. The van der Waals surface area contributed by atoms with Crippen molar-refractivity contribution in [2.24, 2.45) is 11.3 Å². The molecule has 1 aromatic rings. The smallest absolute Gasteiger partial charge is 0.178 e. The van der Waals surface area contributed by atoms with Crippen LogP contribution in [-0.2, 0) is 9.84 Å². The van der Waals surface area contributed by atoms with Crippen molar-refractivity contribution in [2.75, 3.05) is 5.75 Å². The largest absolute Gasteiger partial charge is 0.224 e. The predicted molar refractivity (Wildman–Crippen MR) is 90.5 cm³/mol. The van der Waals surface area contributed by atoms with Crippen LogP contribution in [0.25, 0.3) is 0 Å². The Hall–Kier alpha value is -1.09. The van der Waals surface area contributed by atoms with Crippen molar-refractivity contribution < 1.29 is 8.42 Å². The lowest BCUT2D eigenvalue weighted by Crippen LogP contribution is -2.36. The number of hydrogen-bond acceptors (Lipinski definition) is 2. The minimum absolute atomic E-state index is 0.0814. The minimum Gasteiger partial charge on any atom is -0.224 e. The highest BCUT2D eigenvalue weighted by molar-refractivity contribution is 7.91. The molecule has 3 heteroatoms. The molecule has 0 saturated heterocycles. The maximum absolute atomic E-state index is 12.8. The molecule has 3 rings (SSSR count). The molecule has 0 unspecified atom stereocenters. The summed E-state index contributed by atoms with van der Waals surface area (Å²) in [5, 5.41) is 0. The summed E-state index contributed by atoms with van der Waals surface area (Å²) in [7, 11) is -3.22. The number of hydrogen-bond donors (Lipinski definition) is 0. The zero-order valence-electron chi connectivity index (χ0n) is 13.6. The third-order valence-corrected chi connectivity index (χ3v) is 7.31. The molecule has 120 valence electrons. The highest BCUT2D eigenvalue weighted by atomic mass is 32.2. The van der Waals surface area contributed by atoms with Gasteiger partial charge in [-0.25, -0.2) is 8.42 Å². The lowest BCUT2D eigenvalue weighted by Gasteiger charge is -2.43. The van der Waals surface area contributed by atoms with E-state index in [1.807, 2.05) is 18.2 Å². The van der Waals surface area contributed by atoms with Gasteiger partial charge in [-0.05, 0) is 62.0 Å². The van der Waals surface area contributed by atoms with Crippen molar-refractivity contribution >= 4 is 9.84 Å². The molecule has 2 nitrogen and oxygen atoms in total. The van der Waals surface area contributed by atoms with Crippen LogP contribution in [0, 0.1) is 11.3 Å². The van der Waals surface area contributed by atoms with Crippen LogP contribution in [-0.4, -0.2) is 14.2 Å². The van der Waals surface area contributed by atoms with Gasteiger partial charge in [0.15, 0.2) is 9.84 Å². The average Bonchev–Trinajstić information content (AvgIpc) is 2.51. The van der Waals surface area contributed by atoms with E-state index in [9.17, 15) is 8.42 Å². The third-order valence-electron chi connectivity index (χ3n) is 5.55. The molecule has 0 radical (unpaired) electrons. The third kappa shape index (κ3) is 3.01. The van der Waals surface area contributed by atoms with Gasteiger partial charge in [0.25, 0.3) is 0 Å². The molecule has 1 atom stereocenters. The second-order valence-electron chi connectivity index (χ2n) is 7.47. The molecule has 0 amide bonds. The Morgan fingerprint density at radius 1 is 1.05 bits per heavy atom. The second kappa shape index (κ2) is 5.84. The van der Waals surface area contributed by atoms with Crippen LogP contribution in [0.15, 0.2) is 46.4 Å². The fraction of sp³-hybridized carbons (Fsp3) is 0.579. The molecule has 2 aliphatic carbocycles. The molecular weight excluding hydrogens is 292 g/mol. The highest BCUT2D eigenvalue weighted by Crippen LogP contribution is 2.49. The number of rotatable bonds is 3. The van der Waals surface area contributed by atoms with Crippen molar-refractivity contribution in [3.8, 4) is 0 Å². The Morgan fingerprint density at radius 3 is 2.45 bits per heavy atom. The van der Waals surface area contributed by atoms with E-state index >= 15 is 0 Å². The summed E-state index contributed by atoms with van der Waals surface area (Å²) in [4.78, 5) is 0.467. The van der Waals surface area contributed by atoms with Crippen molar-refractivity contribution in [1.82, 2.24) is 0 Å². The summed E-state index contributed by atoms with van der Waals surface area (Å²) in [6.45, 7) is 4.49. The van der Waals surface area contributed by atoms with Crippen molar-refractivity contribution in [2.45, 2.75) is 57.3 Å². The summed E-state index contributed by atoms with van der Waals surface area (Å²) >= 11 is 0. The normalized spacial score (nSPS) is 24.9. The van der Waals surface area contributed by atoms with Gasteiger partial charge in [-0.15, -0.1) is 0 Å². The molecule has 0 aliphatic heterocycles. The average molecular weight is 318 g/mol. The number of allylic oxidation sites excluding steroid dienone is 2. The molecule has 0 heterocycles. The van der Waals surface area contributed by atoms with E-state index in [2.05, 4.69) is 13.8 Å². The van der Waals surface area contributed by atoms with Gasteiger partial charge in [0.1, 0.15) is 0 Å². The van der Waals surface area contributed by atoms with Crippen LogP contribution in [0.2, 0.25) is 0 Å². The van der Waals surface area contributed by atoms with E-state index in [1.54, 1.807) is 17.7 Å². The Kier molecular flexibility index (Phi) is 4.19. The van der Waals surface area contributed by atoms with Crippen LogP contribution >= 0.6 is 0 Å². The molecule has 1 aromatic carbocycles. The zero-order valence-corrected chi connectivity index (χ0v) is 14.5. The number of benzene rings is 1. The summed E-state index contributed by atoms with van der Waals surface area (Å²) in [5.74, 6) is 0.449. The zero-order chi connectivity index (χ0) is 15.8. The van der Waals surface area contributed by atoms with Crippen molar-refractivity contribution in [3.63, 3.8) is 0 Å². The molecule has 0 saturated carbocycles. The number of sulfone groups is 1. The van der Waals surface area contributed by atoms with Gasteiger partial charge >= 0.3 is 0 Å². The summed E-state index contributed by atoms with van der Waals surface area (Å²) in [5.41, 5.74) is 3.12.